The molecule has 3 heterocycles. The van der Waals surface area contributed by atoms with Crippen molar-refractivity contribution >= 4 is 5.69 Å². The Balaban J connectivity index is 1.86. The molecule has 3 nitrogen and oxygen atoms in total. The van der Waals surface area contributed by atoms with Gasteiger partial charge >= 0.3 is 0 Å². The molecule has 17 heavy (non-hydrogen) atoms. The summed E-state index contributed by atoms with van der Waals surface area (Å²) in [7, 11) is 0. The van der Waals surface area contributed by atoms with Crippen LogP contribution in [0, 0.1) is 5.92 Å². The summed E-state index contributed by atoms with van der Waals surface area (Å²) in [6.07, 6.45) is 3.29. The van der Waals surface area contributed by atoms with Gasteiger partial charge in [-0.15, -0.1) is 0 Å². The topological polar surface area (TPSA) is 28.2 Å². The minimum Gasteiger partial charge on any atom is -0.367 e. The molecule has 92 valence electrons. The second-order valence-electron chi connectivity index (χ2n) is 5.56. The van der Waals surface area contributed by atoms with Gasteiger partial charge in [0.25, 0.3) is 0 Å². The Morgan fingerprint density at radius 3 is 3.12 bits per heavy atom. The molecular weight excluding hydrogens is 210 g/mol. The predicted octanol–water partition coefficient (Wildman–Crippen LogP) is 2.00. The van der Waals surface area contributed by atoms with Gasteiger partial charge in [0.1, 0.15) is 0 Å². The van der Waals surface area contributed by atoms with E-state index in [4.69, 9.17) is 0 Å². The zero-order valence-corrected chi connectivity index (χ0v) is 10.7. The molecular formula is C14H21N3. The fourth-order valence-corrected chi connectivity index (χ4v) is 3.10. The van der Waals surface area contributed by atoms with E-state index in [0.29, 0.717) is 12.0 Å². The molecule has 0 aromatic carbocycles. The molecule has 1 aromatic heterocycles. The van der Waals surface area contributed by atoms with Gasteiger partial charge in [-0.1, -0.05) is 13.8 Å². The monoisotopic (exact) mass is 231 g/mol. The smallest absolute Gasteiger partial charge is 0.0455 e. The Bertz CT molecular complexity index is 402. The molecule has 1 N–H and O–H groups in total. The average Bonchev–Trinajstić information content (AvgIpc) is 2.90. The van der Waals surface area contributed by atoms with E-state index in [1.807, 2.05) is 6.20 Å². The first kappa shape index (κ1) is 11.0. The molecule has 1 aromatic rings. The highest BCUT2D eigenvalue weighted by molar-refractivity contribution is 5.49. The van der Waals surface area contributed by atoms with Crippen molar-refractivity contribution in [2.24, 2.45) is 5.92 Å². The number of aromatic nitrogens is 1. The summed E-state index contributed by atoms with van der Waals surface area (Å²) in [6.45, 7) is 7.96. The summed E-state index contributed by atoms with van der Waals surface area (Å²) in [4.78, 5) is 7.02. The van der Waals surface area contributed by atoms with E-state index in [1.165, 1.54) is 30.9 Å². The fourth-order valence-electron chi connectivity index (χ4n) is 3.10. The number of fused-ring (bicyclic) bond motifs is 1. The highest BCUT2D eigenvalue weighted by Crippen LogP contribution is 2.32. The van der Waals surface area contributed by atoms with Crippen LogP contribution in [0.3, 0.4) is 0 Å². The zero-order chi connectivity index (χ0) is 11.8. The largest absolute Gasteiger partial charge is 0.367 e. The molecule has 0 spiro atoms. The van der Waals surface area contributed by atoms with Gasteiger partial charge in [0, 0.05) is 43.3 Å². The Morgan fingerprint density at radius 2 is 2.29 bits per heavy atom. The summed E-state index contributed by atoms with van der Waals surface area (Å²) in [5.41, 5.74) is 2.57. The van der Waals surface area contributed by atoms with Crippen LogP contribution in [0.1, 0.15) is 31.9 Å². The molecule has 2 atom stereocenters. The third-order valence-corrected chi connectivity index (χ3v) is 4.13. The second kappa shape index (κ2) is 4.30. The molecule has 3 rings (SSSR count). The van der Waals surface area contributed by atoms with Crippen LogP contribution >= 0.6 is 0 Å². The van der Waals surface area contributed by atoms with Gasteiger partial charge < -0.3 is 10.2 Å². The van der Waals surface area contributed by atoms with Gasteiger partial charge in [0.05, 0.1) is 0 Å². The van der Waals surface area contributed by atoms with Crippen molar-refractivity contribution in [3.63, 3.8) is 0 Å². The molecule has 2 aliphatic heterocycles. The first-order chi connectivity index (χ1) is 8.25. The molecule has 0 unspecified atom stereocenters. The lowest BCUT2D eigenvalue weighted by Crippen LogP contribution is -2.34. The van der Waals surface area contributed by atoms with E-state index in [2.05, 4.69) is 41.2 Å². The number of anilines is 1. The summed E-state index contributed by atoms with van der Waals surface area (Å²) in [5, 5.41) is 3.50. The van der Waals surface area contributed by atoms with Crippen molar-refractivity contribution < 1.29 is 0 Å². The molecule has 0 radical (unpaired) electrons. The molecule has 2 saturated heterocycles. The third kappa shape index (κ3) is 1.93. The first-order valence-corrected chi connectivity index (χ1v) is 6.69. The quantitative estimate of drug-likeness (QED) is 0.844. The Morgan fingerprint density at radius 1 is 1.41 bits per heavy atom. The maximum absolute atomic E-state index is 4.45. The molecule has 3 heteroatoms. The number of hydrogen-bond acceptors (Lipinski definition) is 3. The minimum absolute atomic E-state index is 0.509. The summed E-state index contributed by atoms with van der Waals surface area (Å²) in [5.74, 6) is 1.36. The van der Waals surface area contributed by atoms with Gasteiger partial charge in [-0.25, -0.2) is 0 Å². The van der Waals surface area contributed by atoms with Crippen LogP contribution in [0.25, 0.3) is 0 Å². The van der Waals surface area contributed by atoms with Crippen molar-refractivity contribution in [3.8, 4) is 0 Å². The summed E-state index contributed by atoms with van der Waals surface area (Å²) < 4.78 is 0. The number of nitrogens with zero attached hydrogens (tertiary/aromatic N) is 2. The molecule has 0 amide bonds. The maximum atomic E-state index is 4.45. The number of rotatable bonds is 2. The van der Waals surface area contributed by atoms with Crippen LogP contribution in [0.15, 0.2) is 18.3 Å². The zero-order valence-electron chi connectivity index (χ0n) is 10.7. The molecule has 0 saturated carbocycles. The average molecular weight is 231 g/mol. The normalized spacial score (nSPS) is 27.8. The molecule has 2 aliphatic rings. The van der Waals surface area contributed by atoms with E-state index in [-0.39, 0.29) is 0 Å². The van der Waals surface area contributed by atoms with Crippen LogP contribution in [0.5, 0.6) is 0 Å². The molecule has 0 aliphatic carbocycles. The van der Waals surface area contributed by atoms with Crippen molar-refractivity contribution in [2.45, 2.75) is 32.2 Å². The highest BCUT2D eigenvalue weighted by atomic mass is 15.2. The number of pyridine rings is 1. The number of nitrogens with one attached hydrogen (secondary N) is 1. The van der Waals surface area contributed by atoms with Gasteiger partial charge in [0.2, 0.25) is 0 Å². The highest BCUT2D eigenvalue weighted by Gasteiger charge is 2.37. The van der Waals surface area contributed by atoms with Crippen molar-refractivity contribution in [1.29, 1.82) is 0 Å². The van der Waals surface area contributed by atoms with E-state index < -0.39 is 0 Å². The molecule has 0 bridgehead atoms. The SMILES string of the molecule is CC(C)c1cc(N2CC[C@@H]3CNC[C@@H]32)ccn1. The van der Waals surface area contributed by atoms with Crippen LogP contribution in [-0.4, -0.2) is 30.7 Å². The standard InChI is InChI=1S/C14H21N3/c1-10(2)13-7-12(3-5-16-13)17-6-4-11-8-15-9-14(11)17/h3,5,7,10-11,14-15H,4,6,8-9H2,1-2H3/t11-,14+/m1/s1. The third-order valence-electron chi connectivity index (χ3n) is 4.13. The van der Waals surface area contributed by atoms with E-state index in [1.54, 1.807) is 0 Å². The fraction of sp³-hybridized carbons (Fsp3) is 0.643. The van der Waals surface area contributed by atoms with Gasteiger partial charge in [-0.05, 0) is 30.4 Å². The minimum atomic E-state index is 0.509. The van der Waals surface area contributed by atoms with Crippen LogP contribution in [0.4, 0.5) is 5.69 Å². The van der Waals surface area contributed by atoms with Crippen LogP contribution in [-0.2, 0) is 0 Å². The summed E-state index contributed by atoms with van der Waals surface area (Å²) >= 11 is 0. The summed E-state index contributed by atoms with van der Waals surface area (Å²) in [6, 6.07) is 5.13. The van der Waals surface area contributed by atoms with Crippen molar-refractivity contribution in [2.75, 3.05) is 24.5 Å². The van der Waals surface area contributed by atoms with E-state index >= 15 is 0 Å². The van der Waals surface area contributed by atoms with Crippen molar-refractivity contribution in [1.82, 2.24) is 10.3 Å². The van der Waals surface area contributed by atoms with Crippen LogP contribution < -0.4 is 10.2 Å². The van der Waals surface area contributed by atoms with Gasteiger partial charge in [-0.2, -0.15) is 0 Å². The van der Waals surface area contributed by atoms with E-state index in [0.717, 1.165) is 12.5 Å². The van der Waals surface area contributed by atoms with Gasteiger partial charge in [0.15, 0.2) is 0 Å². The van der Waals surface area contributed by atoms with E-state index in [9.17, 15) is 0 Å². The maximum Gasteiger partial charge on any atom is 0.0455 e. The van der Waals surface area contributed by atoms with Crippen LogP contribution in [0.2, 0.25) is 0 Å². The van der Waals surface area contributed by atoms with Crippen molar-refractivity contribution in [3.05, 3.63) is 24.0 Å². The lowest BCUT2D eigenvalue weighted by atomic mass is 10.0. The first-order valence-electron chi connectivity index (χ1n) is 6.69. The Labute approximate surface area is 103 Å². The molecule has 2 fully saturated rings. The lowest BCUT2D eigenvalue weighted by Gasteiger charge is -2.26. The predicted molar refractivity (Wildman–Crippen MR) is 70.4 cm³/mol. The lowest BCUT2D eigenvalue weighted by molar-refractivity contribution is 0.578. The second-order valence-corrected chi connectivity index (χ2v) is 5.56. The number of hydrogen-bond donors (Lipinski definition) is 1. The van der Waals surface area contributed by atoms with Gasteiger partial charge in [-0.3, -0.25) is 4.98 Å². The Kier molecular flexibility index (Phi) is 2.79. The Hall–Kier alpha value is -1.09.